The first-order valence-corrected chi connectivity index (χ1v) is 27.9. The molecule has 1 aliphatic carbocycles. The summed E-state index contributed by atoms with van der Waals surface area (Å²) in [6.45, 7) is 17.1. The van der Waals surface area contributed by atoms with Gasteiger partial charge in [0, 0.05) is 37.9 Å². The van der Waals surface area contributed by atoms with E-state index in [1.165, 1.54) is 46.9 Å². The second kappa shape index (κ2) is 29.3. The van der Waals surface area contributed by atoms with Crippen molar-refractivity contribution < 1.29 is 65.3 Å². The Balaban J connectivity index is 0.000000653. The fourth-order valence-electron chi connectivity index (χ4n) is 9.76. The van der Waals surface area contributed by atoms with E-state index in [4.69, 9.17) is 18.9 Å². The molecule has 6 aromatic rings. The maximum Gasteiger partial charge on any atom is 0.673 e. The molecular formula is C61H68BF4O6P2Rh-. The van der Waals surface area contributed by atoms with Crippen molar-refractivity contribution >= 4 is 56.3 Å². The zero-order chi connectivity index (χ0) is 53.5. The molecule has 0 unspecified atom stereocenters. The molecule has 0 amide bonds. The first-order chi connectivity index (χ1) is 35.3. The third-order valence-corrected chi connectivity index (χ3v) is 18.3. The number of esters is 2. The monoisotopic (exact) mass is 1150 g/mol. The van der Waals surface area contributed by atoms with Crippen molar-refractivity contribution in [1.29, 1.82) is 0 Å². The third kappa shape index (κ3) is 18.6. The number of carbonyl (C=O) groups excluding carboxylic acids is 2. The maximum atomic E-state index is 14.5. The second-order valence-electron chi connectivity index (χ2n) is 19.2. The SMILES string of the molecule is CO[C@H]1O[C@H](COC(=O)c2ccccc2)[C@@H](P(c2cc(C)cc(C)c2)c2cc(C)cc(C)c2)[C@H](P(c2cc(C)cc(C)c2)c2cc(C)cc(C)c2)[C@H]1OC(=O)c1ccccc1.F[B-](F)(F)F.[CH]1[CH]CC[CH][CH]CC1.[Rh]. The Morgan fingerprint density at radius 2 is 0.813 bits per heavy atom. The molecule has 14 heteroatoms. The van der Waals surface area contributed by atoms with Crippen LogP contribution in [0.1, 0.15) is 90.9 Å². The molecule has 0 N–H and O–H groups in total. The zero-order valence-corrected chi connectivity index (χ0v) is 47.6. The van der Waals surface area contributed by atoms with Crippen LogP contribution < -0.4 is 21.2 Å². The largest absolute Gasteiger partial charge is 0.673 e. The minimum absolute atomic E-state index is 0. The van der Waals surface area contributed by atoms with Crippen LogP contribution in [0.15, 0.2) is 133 Å². The number of hydrogen-bond acceptors (Lipinski definition) is 6. The van der Waals surface area contributed by atoms with E-state index in [1.54, 1.807) is 31.4 Å². The zero-order valence-electron chi connectivity index (χ0n) is 44.2. The quantitative estimate of drug-likeness (QED) is 0.0526. The predicted octanol–water partition coefficient (Wildman–Crippen LogP) is 13.6. The smallest absolute Gasteiger partial charge is 0.459 e. The van der Waals surface area contributed by atoms with E-state index in [9.17, 15) is 26.9 Å². The number of methoxy groups -OCH3 is 1. The summed E-state index contributed by atoms with van der Waals surface area (Å²) < 4.78 is 65.6. The molecule has 6 nitrogen and oxygen atoms in total. The Kier molecular flexibility index (Phi) is 23.9. The van der Waals surface area contributed by atoms with E-state index in [0.717, 1.165) is 44.5 Å². The summed E-state index contributed by atoms with van der Waals surface area (Å²) in [6, 6.07) is 45.4. The minimum Gasteiger partial charge on any atom is -0.459 e. The van der Waals surface area contributed by atoms with Crippen LogP contribution >= 0.6 is 15.8 Å². The molecule has 1 aliphatic heterocycles. The molecule has 2 aliphatic rings. The first-order valence-electron chi connectivity index (χ1n) is 25.0. The van der Waals surface area contributed by atoms with E-state index >= 15 is 0 Å². The van der Waals surface area contributed by atoms with Crippen LogP contribution in [-0.2, 0) is 38.4 Å². The van der Waals surface area contributed by atoms with Gasteiger partial charge < -0.3 is 36.2 Å². The summed E-state index contributed by atoms with van der Waals surface area (Å²) in [5, 5.41) is 4.69. The van der Waals surface area contributed by atoms with Gasteiger partial charge in [0.25, 0.3) is 0 Å². The number of halogens is 4. The van der Waals surface area contributed by atoms with Crippen molar-refractivity contribution in [1.82, 2.24) is 0 Å². The Morgan fingerprint density at radius 3 is 1.13 bits per heavy atom. The summed E-state index contributed by atoms with van der Waals surface area (Å²) in [4.78, 5) is 28.3. The molecule has 5 atom stereocenters. The van der Waals surface area contributed by atoms with Gasteiger partial charge in [-0.05, 0) is 168 Å². The minimum atomic E-state index is -6.00. The van der Waals surface area contributed by atoms with E-state index in [1.807, 2.05) is 36.4 Å². The third-order valence-electron chi connectivity index (χ3n) is 12.4. The van der Waals surface area contributed by atoms with Gasteiger partial charge in [0.05, 0.1) is 11.1 Å². The second-order valence-corrected chi connectivity index (χ2v) is 23.9. The van der Waals surface area contributed by atoms with Gasteiger partial charge in [0.15, 0.2) is 12.4 Å². The van der Waals surface area contributed by atoms with E-state index in [2.05, 4.69) is 154 Å². The molecule has 2 fully saturated rings. The average molecular weight is 1150 g/mol. The van der Waals surface area contributed by atoms with Gasteiger partial charge in [0.2, 0.25) is 0 Å². The topological polar surface area (TPSA) is 71.1 Å². The molecule has 399 valence electrons. The van der Waals surface area contributed by atoms with Crippen LogP contribution in [0.25, 0.3) is 0 Å². The van der Waals surface area contributed by atoms with E-state index in [0.29, 0.717) is 11.1 Å². The van der Waals surface area contributed by atoms with Crippen molar-refractivity contribution in [2.75, 3.05) is 13.7 Å². The molecule has 1 saturated heterocycles. The van der Waals surface area contributed by atoms with Crippen LogP contribution in [0, 0.1) is 81.1 Å². The van der Waals surface area contributed by atoms with Crippen LogP contribution in [-0.4, -0.2) is 62.7 Å². The van der Waals surface area contributed by atoms with Crippen LogP contribution in [0.2, 0.25) is 0 Å². The van der Waals surface area contributed by atoms with Crippen molar-refractivity contribution in [2.45, 2.75) is 111 Å². The molecule has 0 spiro atoms. The molecule has 0 aromatic heterocycles. The summed E-state index contributed by atoms with van der Waals surface area (Å²) >= 11 is 0. The Hall–Kier alpha value is -4.55. The molecule has 8 rings (SSSR count). The standard InChI is InChI=1S/C53H56O6P2.C8H12.BF4.Rh/c1-33-20-34(2)25-43(24-33)60(44-26-35(3)21-36(4)27-44)49-47(32-57-51(54)41-16-12-10-13-17-41)58-53(56-9)48(59-52(55)42-18-14-11-15-19-42)50(49)61(45-28-37(5)22-38(6)29-45)46-30-39(7)23-40(8)31-46;1-2-4-6-8-7-5-3-1;2-1(3,4)5;/h10-31,47-50,53H,32H2,1-9H3;1-2,7-8H,3-6H2;;/q;;-1;/t47-,48-,49-,50-,53+;;;/m1.../s1. The molecule has 0 bridgehead atoms. The van der Waals surface area contributed by atoms with E-state index < -0.39 is 59.2 Å². The van der Waals surface area contributed by atoms with Gasteiger partial charge in [-0.3, -0.25) is 0 Å². The van der Waals surface area contributed by atoms with Gasteiger partial charge >= 0.3 is 19.2 Å². The van der Waals surface area contributed by atoms with Crippen LogP contribution in [0.4, 0.5) is 17.3 Å². The number of carbonyl (C=O) groups is 2. The molecule has 5 radical (unpaired) electrons. The van der Waals surface area contributed by atoms with Crippen molar-refractivity contribution in [3.8, 4) is 0 Å². The van der Waals surface area contributed by atoms with Crippen LogP contribution in [0.5, 0.6) is 0 Å². The molecular weight excluding hydrogens is 1080 g/mol. The molecule has 1 heterocycles. The fraction of sp³-hybridized carbons (Fsp3) is 0.311. The Labute approximate surface area is 458 Å². The fourth-order valence-corrected chi connectivity index (χ4v) is 17.2. The van der Waals surface area contributed by atoms with Gasteiger partial charge in [-0.15, -0.1) is 0 Å². The molecule has 75 heavy (non-hydrogen) atoms. The van der Waals surface area contributed by atoms with Gasteiger partial charge in [-0.2, -0.15) is 0 Å². The summed E-state index contributed by atoms with van der Waals surface area (Å²) in [5.74, 6) is -0.883. The first kappa shape index (κ1) is 61.3. The Bertz CT molecular complexity index is 2570. The number of aryl methyl sites for hydroxylation is 8. The predicted molar refractivity (Wildman–Crippen MR) is 298 cm³/mol. The summed E-state index contributed by atoms with van der Waals surface area (Å²) in [7, 11) is -7.06. The summed E-state index contributed by atoms with van der Waals surface area (Å²) in [5.41, 5.74) is 9.37. The van der Waals surface area contributed by atoms with Gasteiger partial charge in [0.1, 0.15) is 12.7 Å². The maximum absolute atomic E-state index is 14.5. The van der Waals surface area contributed by atoms with Crippen molar-refractivity contribution in [2.24, 2.45) is 0 Å². The normalized spacial score (nSPS) is 18.7. The van der Waals surface area contributed by atoms with E-state index in [-0.39, 0.29) is 31.7 Å². The number of hydrogen-bond donors (Lipinski definition) is 0. The number of benzene rings is 6. The number of rotatable bonds is 12. The van der Waals surface area contributed by atoms with Crippen molar-refractivity contribution in [3.05, 3.63) is 215 Å². The summed E-state index contributed by atoms with van der Waals surface area (Å²) in [6.07, 6.45) is 11.5. The van der Waals surface area contributed by atoms with Gasteiger partial charge in [-0.1, -0.05) is 154 Å². The van der Waals surface area contributed by atoms with Crippen molar-refractivity contribution in [3.63, 3.8) is 0 Å². The van der Waals surface area contributed by atoms with Crippen LogP contribution in [0.3, 0.4) is 0 Å². The van der Waals surface area contributed by atoms with Gasteiger partial charge in [-0.25, -0.2) is 9.59 Å². The average Bonchev–Trinajstić information content (AvgIpc) is 3.31. The molecule has 6 aromatic carbocycles. The number of ether oxygens (including phenoxy) is 4. The molecule has 1 saturated carbocycles. The Morgan fingerprint density at radius 1 is 0.507 bits per heavy atom.